The summed E-state index contributed by atoms with van der Waals surface area (Å²) >= 11 is 1.55. The third-order valence-electron chi connectivity index (χ3n) is 4.66. The molecule has 4 aromatic rings. The Morgan fingerprint density at radius 3 is 2.69 bits per heavy atom. The molecular weight excluding hydrogens is 382 g/mol. The Kier molecular flexibility index (Phi) is 5.91. The van der Waals surface area contributed by atoms with Crippen LogP contribution in [0.3, 0.4) is 0 Å². The van der Waals surface area contributed by atoms with Crippen LogP contribution in [0.1, 0.15) is 18.2 Å². The van der Waals surface area contributed by atoms with Crippen molar-refractivity contribution in [2.24, 2.45) is 0 Å². The van der Waals surface area contributed by atoms with Crippen molar-refractivity contribution in [2.45, 2.75) is 19.8 Å². The van der Waals surface area contributed by atoms with E-state index < -0.39 is 0 Å². The summed E-state index contributed by atoms with van der Waals surface area (Å²) in [5.74, 6) is 0.877. The highest BCUT2D eigenvalue weighted by molar-refractivity contribution is 7.15. The fraction of sp³-hybridized carbons (Fsp3) is 0.217. The maximum atomic E-state index is 12.4. The van der Waals surface area contributed by atoms with Gasteiger partial charge in [0.05, 0.1) is 18.7 Å². The van der Waals surface area contributed by atoms with Crippen molar-refractivity contribution in [3.8, 4) is 17.0 Å². The van der Waals surface area contributed by atoms with Gasteiger partial charge in [0.15, 0.2) is 4.96 Å². The first-order valence-corrected chi connectivity index (χ1v) is 10.6. The SMILES string of the molecule is CCOc1ccc(-c2cn3c(CC(=O)NCCc4ccccc4)csc3n2)cc1. The number of amides is 1. The van der Waals surface area contributed by atoms with Crippen LogP contribution in [-0.4, -0.2) is 28.4 Å². The molecule has 0 fully saturated rings. The average molecular weight is 406 g/mol. The summed E-state index contributed by atoms with van der Waals surface area (Å²) in [4.78, 5) is 18.0. The second-order valence-electron chi connectivity index (χ2n) is 6.73. The van der Waals surface area contributed by atoms with E-state index in [0.717, 1.165) is 34.1 Å². The van der Waals surface area contributed by atoms with Crippen molar-refractivity contribution in [2.75, 3.05) is 13.2 Å². The molecule has 0 spiro atoms. The quantitative estimate of drug-likeness (QED) is 0.474. The molecule has 4 rings (SSSR count). The molecule has 2 aromatic carbocycles. The Bertz CT molecular complexity index is 1080. The predicted molar refractivity (Wildman–Crippen MR) is 117 cm³/mol. The van der Waals surface area contributed by atoms with Crippen molar-refractivity contribution >= 4 is 22.2 Å². The standard InChI is InChI=1S/C23H23N3O2S/c1-2-28-20-10-8-18(9-11-20)21-15-26-19(16-29-23(26)25-21)14-22(27)24-13-12-17-6-4-3-5-7-17/h3-11,15-16H,2,12-14H2,1H3,(H,24,27). The third-order valence-corrected chi connectivity index (χ3v) is 5.55. The minimum Gasteiger partial charge on any atom is -0.494 e. The van der Waals surface area contributed by atoms with Crippen LogP contribution in [0.5, 0.6) is 5.75 Å². The van der Waals surface area contributed by atoms with Crippen molar-refractivity contribution in [1.29, 1.82) is 0 Å². The number of nitrogens with zero attached hydrogens (tertiary/aromatic N) is 2. The summed E-state index contributed by atoms with van der Waals surface area (Å²) < 4.78 is 7.50. The van der Waals surface area contributed by atoms with E-state index in [2.05, 4.69) is 17.4 Å². The summed E-state index contributed by atoms with van der Waals surface area (Å²) in [6.45, 7) is 3.25. The smallest absolute Gasteiger partial charge is 0.225 e. The number of thiazole rings is 1. The molecule has 0 saturated carbocycles. The number of hydrogen-bond donors (Lipinski definition) is 1. The van der Waals surface area contributed by atoms with E-state index in [4.69, 9.17) is 9.72 Å². The van der Waals surface area contributed by atoms with Gasteiger partial charge < -0.3 is 10.1 Å². The molecule has 0 saturated heterocycles. The van der Waals surface area contributed by atoms with Gasteiger partial charge >= 0.3 is 0 Å². The maximum absolute atomic E-state index is 12.4. The predicted octanol–water partition coefficient (Wildman–Crippen LogP) is 4.36. The van der Waals surface area contributed by atoms with E-state index in [1.807, 2.05) is 65.4 Å². The van der Waals surface area contributed by atoms with E-state index >= 15 is 0 Å². The number of imidazole rings is 1. The van der Waals surface area contributed by atoms with Crippen LogP contribution in [0.4, 0.5) is 0 Å². The van der Waals surface area contributed by atoms with Gasteiger partial charge in [0.1, 0.15) is 5.75 Å². The van der Waals surface area contributed by atoms with Gasteiger partial charge in [0.2, 0.25) is 5.91 Å². The number of hydrogen-bond acceptors (Lipinski definition) is 4. The van der Waals surface area contributed by atoms with Crippen molar-refractivity contribution in [1.82, 2.24) is 14.7 Å². The van der Waals surface area contributed by atoms with Crippen molar-refractivity contribution in [3.05, 3.63) is 77.4 Å². The highest BCUT2D eigenvalue weighted by Gasteiger charge is 2.12. The van der Waals surface area contributed by atoms with Crippen LogP contribution < -0.4 is 10.1 Å². The van der Waals surface area contributed by atoms with Gasteiger partial charge in [0.25, 0.3) is 0 Å². The number of ether oxygens (including phenoxy) is 1. The summed E-state index contributed by atoms with van der Waals surface area (Å²) in [6.07, 6.45) is 3.17. The molecule has 1 amide bonds. The first kappa shape index (κ1) is 19.2. The fourth-order valence-electron chi connectivity index (χ4n) is 3.20. The number of carbonyl (C=O) groups excluding carboxylic acids is 1. The first-order valence-electron chi connectivity index (χ1n) is 9.72. The zero-order chi connectivity index (χ0) is 20.1. The van der Waals surface area contributed by atoms with Crippen LogP contribution in [0, 0.1) is 0 Å². The lowest BCUT2D eigenvalue weighted by Gasteiger charge is -2.05. The molecule has 0 atom stereocenters. The zero-order valence-corrected chi connectivity index (χ0v) is 17.1. The average Bonchev–Trinajstić information content (AvgIpc) is 3.32. The largest absolute Gasteiger partial charge is 0.494 e. The van der Waals surface area contributed by atoms with Gasteiger partial charge in [-0.15, -0.1) is 11.3 Å². The van der Waals surface area contributed by atoms with Gasteiger partial charge in [-0.05, 0) is 43.2 Å². The molecule has 0 aliphatic rings. The molecule has 0 bridgehead atoms. The lowest BCUT2D eigenvalue weighted by molar-refractivity contribution is -0.120. The number of rotatable bonds is 8. The molecule has 6 heteroatoms. The van der Waals surface area contributed by atoms with E-state index in [0.29, 0.717) is 19.6 Å². The Hall–Kier alpha value is -3.12. The van der Waals surface area contributed by atoms with Crippen LogP contribution in [0.15, 0.2) is 66.2 Å². The molecule has 0 aliphatic carbocycles. The summed E-state index contributed by atoms with van der Waals surface area (Å²) in [7, 11) is 0. The molecule has 5 nitrogen and oxygen atoms in total. The van der Waals surface area contributed by atoms with Gasteiger partial charge in [-0.3, -0.25) is 9.20 Å². The zero-order valence-electron chi connectivity index (χ0n) is 16.3. The molecule has 0 aliphatic heterocycles. The normalized spacial score (nSPS) is 10.9. The molecule has 29 heavy (non-hydrogen) atoms. The van der Waals surface area contributed by atoms with Crippen LogP contribution >= 0.6 is 11.3 Å². The van der Waals surface area contributed by atoms with E-state index in [-0.39, 0.29) is 5.91 Å². The van der Waals surface area contributed by atoms with Crippen LogP contribution in [0.25, 0.3) is 16.2 Å². The topological polar surface area (TPSA) is 55.6 Å². The van der Waals surface area contributed by atoms with Gasteiger partial charge in [-0.1, -0.05) is 30.3 Å². The second kappa shape index (κ2) is 8.92. The maximum Gasteiger partial charge on any atom is 0.225 e. The molecule has 0 unspecified atom stereocenters. The number of carbonyl (C=O) groups is 1. The Morgan fingerprint density at radius 1 is 1.14 bits per heavy atom. The highest BCUT2D eigenvalue weighted by atomic mass is 32.1. The number of benzene rings is 2. The van der Waals surface area contributed by atoms with Crippen LogP contribution in [-0.2, 0) is 17.6 Å². The Morgan fingerprint density at radius 2 is 1.93 bits per heavy atom. The van der Waals surface area contributed by atoms with Gasteiger partial charge in [-0.25, -0.2) is 4.98 Å². The van der Waals surface area contributed by atoms with E-state index in [9.17, 15) is 4.79 Å². The summed E-state index contributed by atoms with van der Waals surface area (Å²) in [6, 6.07) is 18.1. The molecule has 2 heterocycles. The Labute approximate surface area is 174 Å². The molecule has 148 valence electrons. The van der Waals surface area contributed by atoms with E-state index in [1.165, 1.54) is 5.56 Å². The second-order valence-corrected chi connectivity index (χ2v) is 7.56. The monoisotopic (exact) mass is 405 g/mol. The minimum absolute atomic E-state index is 0.0250. The summed E-state index contributed by atoms with van der Waals surface area (Å²) in [5, 5.41) is 5.01. The lowest BCUT2D eigenvalue weighted by Crippen LogP contribution is -2.27. The highest BCUT2D eigenvalue weighted by Crippen LogP contribution is 2.25. The van der Waals surface area contributed by atoms with Crippen LogP contribution in [0.2, 0.25) is 0 Å². The van der Waals surface area contributed by atoms with Gasteiger partial charge in [0, 0.05) is 29.4 Å². The molecule has 2 aromatic heterocycles. The molecular formula is C23H23N3O2S. The third kappa shape index (κ3) is 4.66. The Balaban J connectivity index is 1.40. The fourth-order valence-corrected chi connectivity index (χ4v) is 4.08. The number of fused-ring (bicyclic) bond motifs is 1. The first-order chi connectivity index (χ1) is 14.2. The summed E-state index contributed by atoms with van der Waals surface area (Å²) in [5.41, 5.74) is 4.10. The molecule has 0 radical (unpaired) electrons. The van der Waals surface area contributed by atoms with Gasteiger partial charge in [-0.2, -0.15) is 0 Å². The number of aromatic nitrogens is 2. The minimum atomic E-state index is 0.0250. The molecule has 1 N–H and O–H groups in total. The lowest BCUT2D eigenvalue weighted by atomic mass is 10.1. The van der Waals surface area contributed by atoms with E-state index in [1.54, 1.807) is 11.3 Å². The van der Waals surface area contributed by atoms with Crippen molar-refractivity contribution < 1.29 is 9.53 Å². The number of nitrogens with one attached hydrogen (secondary N) is 1. The van der Waals surface area contributed by atoms with Crippen molar-refractivity contribution in [3.63, 3.8) is 0 Å².